The molecule has 0 spiro atoms. The quantitative estimate of drug-likeness (QED) is 0.764. The monoisotopic (exact) mass is 345 g/mol. The highest BCUT2D eigenvalue weighted by atomic mass is 32.2. The number of fused-ring (bicyclic) bond motifs is 1. The van der Waals surface area contributed by atoms with E-state index in [4.69, 9.17) is 0 Å². The van der Waals surface area contributed by atoms with Crippen LogP contribution in [0.15, 0.2) is 64.5 Å². The summed E-state index contributed by atoms with van der Waals surface area (Å²) in [5.41, 5.74) is 0.847. The van der Waals surface area contributed by atoms with E-state index in [1.54, 1.807) is 36.4 Å². The van der Waals surface area contributed by atoms with E-state index in [-0.39, 0.29) is 23.0 Å². The molecule has 0 saturated heterocycles. The second kappa shape index (κ2) is 6.42. The van der Waals surface area contributed by atoms with E-state index in [0.717, 1.165) is 0 Å². The topological polar surface area (TPSA) is 108 Å². The Labute approximate surface area is 139 Å². The molecule has 0 aromatic heterocycles. The molecule has 0 fully saturated rings. The van der Waals surface area contributed by atoms with Crippen LogP contribution in [0.3, 0.4) is 0 Å². The number of rotatable bonds is 4. The van der Waals surface area contributed by atoms with Crippen molar-refractivity contribution < 1.29 is 18.3 Å². The van der Waals surface area contributed by atoms with Crippen LogP contribution in [0.1, 0.15) is 11.7 Å². The number of aliphatic hydroxyl groups excluding tert-OH is 1. The lowest BCUT2D eigenvalue weighted by Crippen LogP contribution is -2.45. The number of nitrogens with one attached hydrogen (secondary N) is 2. The molecule has 1 unspecified atom stereocenters. The minimum absolute atomic E-state index is 0.0193. The molecule has 0 saturated carbocycles. The number of sulfonamides is 1. The number of para-hydroxylation sites is 1. The van der Waals surface area contributed by atoms with Crippen molar-refractivity contribution in [3.05, 3.63) is 60.2 Å². The van der Waals surface area contributed by atoms with Crippen molar-refractivity contribution in [3.63, 3.8) is 0 Å². The fourth-order valence-corrected chi connectivity index (χ4v) is 3.42. The van der Waals surface area contributed by atoms with Gasteiger partial charge in [0.1, 0.15) is 4.90 Å². The highest BCUT2D eigenvalue weighted by molar-refractivity contribution is 7.90. The fourth-order valence-electron chi connectivity index (χ4n) is 2.27. The number of aliphatic imine (C=N–C) groups is 1. The highest BCUT2D eigenvalue weighted by Crippen LogP contribution is 2.26. The average molecular weight is 345 g/mol. The molecular weight excluding hydrogens is 330 g/mol. The summed E-state index contributed by atoms with van der Waals surface area (Å²) >= 11 is 0. The highest BCUT2D eigenvalue weighted by Gasteiger charge is 2.28. The number of hydrogen-bond acceptors (Lipinski definition) is 5. The lowest BCUT2D eigenvalue weighted by atomic mass is 10.1. The second-order valence-electron chi connectivity index (χ2n) is 5.17. The number of aliphatic hydroxyl groups is 1. The smallest absolute Gasteiger partial charge is 0.287 e. The summed E-state index contributed by atoms with van der Waals surface area (Å²) in [5, 5.41) is 12.5. The first kappa shape index (κ1) is 16.2. The zero-order valence-electron chi connectivity index (χ0n) is 12.5. The van der Waals surface area contributed by atoms with Crippen molar-refractivity contribution in [2.75, 3.05) is 6.54 Å². The van der Waals surface area contributed by atoms with Gasteiger partial charge >= 0.3 is 0 Å². The van der Waals surface area contributed by atoms with Crippen LogP contribution in [0.25, 0.3) is 0 Å². The van der Waals surface area contributed by atoms with Gasteiger partial charge in [0.2, 0.25) is 5.84 Å². The van der Waals surface area contributed by atoms with Gasteiger partial charge in [-0.15, -0.1) is 0 Å². The Bertz CT molecular complexity index is 895. The van der Waals surface area contributed by atoms with E-state index >= 15 is 0 Å². The van der Waals surface area contributed by atoms with Gasteiger partial charge in [-0.3, -0.25) is 9.52 Å². The summed E-state index contributed by atoms with van der Waals surface area (Å²) in [6.45, 7) is -0.0642. The first-order chi connectivity index (χ1) is 11.5. The fraction of sp³-hybridized carbons (Fsp3) is 0.125. The molecule has 1 aliphatic heterocycles. The molecule has 0 aliphatic carbocycles. The van der Waals surface area contributed by atoms with Gasteiger partial charge in [0, 0.05) is 6.54 Å². The maximum Gasteiger partial charge on any atom is 0.287 e. The lowest BCUT2D eigenvalue weighted by Gasteiger charge is -2.18. The van der Waals surface area contributed by atoms with E-state index in [9.17, 15) is 18.3 Å². The van der Waals surface area contributed by atoms with Crippen LogP contribution in [0.4, 0.5) is 5.69 Å². The van der Waals surface area contributed by atoms with Gasteiger partial charge in [-0.1, -0.05) is 42.5 Å². The van der Waals surface area contributed by atoms with E-state index in [1.165, 1.54) is 12.1 Å². The molecule has 8 heteroatoms. The number of benzene rings is 2. The van der Waals surface area contributed by atoms with Gasteiger partial charge in [-0.2, -0.15) is 0 Å². The van der Waals surface area contributed by atoms with Crippen LogP contribution in [-0.2, 0) is 14.8 Å². The van der Waals surface area contributed by atoms with Gasteiger partial charge in [0.25, 0.3) is 15.9 Å². The van der Waals surface area contributed by atoms with Crippen molar-refractivity contribution in [2.45, 2.75) is 11.0 Å². The molecular formula is C16H15N3O4S. The summed E-state index contributed by atoms with van der Waals surface area (Å²) in [6.07, 6.45) is -0.900. The summed E-state index contributed by atoms with van der Waals surface area (Å²) in [7, 11) is -3.83. The number of nitrogens with zero attached hydrogens (tertiary/aromatic N) is 1. The molecule has 2 aromatic carbocycles. The van der Waals surface area contributed by atoms with Crippen LogP contribution >= 0.6 is 0 Å². The van der Waals surface area contributed by atoms with Crippen LogP contribution in [0, 0.1) is 0 Å². The normalized spacial score (nSPS) is 16.3. The summed E-state index contributed by atoms with van der Waals surface area (Å²) in [5.74, 6) is -1.03. The van der Waals surface area contributed by atoms with Gasteiger partial charge in [0.05, 0.1) is 11.8 Å². The van der Waals surface area contributed by atoms with Crippen LogP contribution < -0.4 is 10.0 Å². The van der Waals surface area contributed by atoms with Crippen molar-refractivity contribution >= 4 is 27.5 Å². The Kier molecular flexibility index (Phi) is 4.32. The van der Waals surface area contributed by atoms with Gasteiger partial charge in [-0.05, 0) is 17.7 Å². The third kappa shape index (κ3) is 3.29. The van der Waals surface area contributed by atoms with Crippen molar-refractivity contribution in [2.24, 2.45) is 4.99 Å². The molecule has 2 aromatic rings. The maximum atomic E-state index is 12.2. The molecule has 1 heterocycles. The number of amides is 1. The standard InChI is InChI=1S/C16H15N3O4S/c20-13(11-6-2-1-3-7-11)10-17-16(21)15-18-12-8-4-5-9-14(12)24(22,23)19-15/h1-9,13,20H,10H2,(H,17,21)(H,18,19). The van der Waals surface area contributed by atoms with Crippen LogP contribution in [0.5, 0.6) is 0 Å². The Hall–Kier alpha value is -2.71. The maximum absolute atomic E-state index is 12.2. The summed E-state index contributed by atoms with van der Waals surface area (Å²) < 4.78 is 26.4. The van der Waals surface area contributed by atoms with Crippen LogP contribution in [-0.4, -0.2) is 31.8 Å². The molecule has 124 valence electrons. The molecule has 1 amide bonds. The number of amidine groups is 1. The molecule has 3 N–H and O–H groups in total. The van der Waals surface area contributed by atoms with Gasteiger partial charge in [-0.25, -0.2) is 13.4 Å². The molecule has 24 heavy (non-hydrogen) atoms. The summed E-state index contributed by atoms with van der Waals surface area (Å²) in [6, 6.07) is 15.0. The Morgan fingerprint density at radius 3 is 2.54 bits per heavy atom. The third-order valence-electron chi connectivity index (χ3n) is 3.47. The molecule has 0 bridgehead atoms. The first-order valence-corrected chi connectivity index (χ1v) is 8.67. The summed E-state index contributed by atoms with van der Waals surface area (Å²) in [4.78, 5) is 16.2. The minimum atomic E-state index is -3.83. The predicted octanol–water partition coefficient (Wildman–Crippen LogP) is 0.858. The largest absolute Gasteiger partial charge is 0.387 e. The zero-order valence-corrected chi connectivity index (χ0v) is 13.3. The van der Waals surface area contributed by atoms with Gasteiger partial charge < -0.3 is 10.4 Å². The second-order valence-corrected chi connectivity index (χ2v) is 6.82. The molecule has 3 rings (SSSR count). The van der Waals surface area contributed by atoms with E-state index < -0.39 is 22.0 Å². The lowest BCUT2D eigenvalue weighted by molar-refractivity contribution is -0.115. The van der Waals surface area contributed by atoms with Crippen molar-refractivity contribution in [3.8, 4) is 0 Å². The first-order valence-electron chi connectivity index (χ1n) is 7.19. The Balaban J connectivity index is 1.73. The van der Waals surface area contributed by atoms with Crippen molar-refractivity contribution in [1.82, 2.24) is 10.0 Å². The number of hydrogen-bond donors (Lipinski definition) is 3. The predicted molar refractivity (Wildman–Crippen MR) is 88.3 cm³/mol. The number of carbonyl (C=O) groups is 1. The molecule has 1 aliphatic rings. The minimum Gasteiger partial charge on any atom is -0.387 e. The number of carbonyl (C=O) groups excluding carboxylic acids is 1. The van der Waals surface area contributed by atoms with Gasteiger partial charge in [0.15, 0.2) is 0 Å². The molecule has 1 atom stereocenters. The Morgan fingerprint density at radius 2 is 1.79 bits per heavy atom. The Morgan fingerprint density at radius 1 is 1.12 bits per heavy atom. The molecule has 0 radical (unpaired) electrons. The van der Waals surface area contributed by atoms with Crippen LogP contribution in [0.2, 0.25) is 0 Å². The molecule has 7 nitrogen and oxygen atoms in total. The third-order valence-corrected chi connectivity index (χ3v) is 4.86. The van der Waals surface area contributed by atoms with E-state index in [1.807, 2.05) is 6.07 Å². The van der Waals surface area contributed by atoms with Crippen molar-refractivity contribution in [1.29, 1.82) is 0 Å². The van der Waals surface area contributed by atoms with E-state index in [2.05, 4.69) is 15.0 Å². The van der Waals surface area contributed by atoms with E-state index in [0.29, 0.717) is 5.56 Å². The zero-order chi connectivity index (χ0) is 17.2. The average Bonchev–Trinajstić information content (AvgIpc) is 2.59. The SMILES string of the molecule is O=C(NCC(O)c1ccccc1)C1=Nc2ccccc2S(=O)(=O)N1.